The Labute approximate surface area is 183 Å². The quantitative estimate of drug-likeness (QED) is 0.318. The van der Waals surface area contributed by atoms with E-state index in [0.29, 0.717) is 15.8 Å². The Morgan fingerprint density at radius 2 is 1.55 bits per heavy atom. The minimum atomic E-state index is 0.585. The molecule has 4 rings (SSSR count). The monoisotopic (exact) mass is 441 g/mol. The second kappa shape index (κ2) is 8.91. The molecule has 4 nitrogen and oxygen atoms in total. The normalized spacial score (nSPS) is 10.9. The van der Waals surface area contributed by atoms with Gasteiger partial charge in [-0.1, -0.05) is 71.4 Å². The molecule has 0 radical (unpaired) electrons. The van der Waals surface area contributed by atoms with Crippen LogP contribution in [0.5, 0.6) is 5.75 Å². The number of hydrogen-bond acceptors (Lipinski definition) is 4. The first-order valence-corrected chi connectivity index (χ1v) is 10.6. The largest absolute Gasteiger partial charge is 0.497 e. The second-order valence-corrected chi connectivity index (χ2v) is 7.95. The van der Waals surface area contributed by atoms with Crippen molar-refractivity contribution < 1.29 is 4.74 Å². The SMILES string of the molecule is COc1ccc(-n2c(SCc3c(Cl)cccc3Cl)nnc2-c2ccccc2)cc1. The van der Waals surface area contributed by atoms with Crippen LogP contribution in [-0.2, 0) is 5.75 Å². The number of thioether (sulfide) groups is 1. The van der Waals surface area contributed by atoms with Gasteiger partial charge in [0.25, 0.3) is 0 Å². The molecule has 0 aliphatic heterocycles. The van der Waals surface area contributed by atoms with E-state index >= 15 is 0 Å². The number of nitrogens with zero attached hydrogens (tertiary/aromatic N) is 3. The first-order chi connectivity index (χ1) is 14.2. The Kier molecular flexibility index (Phi) is 6.09. The average Bonchev–Trinajstić information content (AvgIpc) is 3.18. The molecule has 0 N–H and O–H groups in total. The van der Waals surface area contributed by atoms with E-state index in [2.05, 4.69) is 10.2 Å². The summed E-state index contributed by atoms with van der Waals surface area (Å²) in [5.74, 6) is 2.14. The van der Waals surface area contributed by atoms with Crippen molar-refractivity contribution in [2.75, 3.05) is 7.11 Å². The van der Waals surface area contributed by atoms with E-state index in [4.69, 9.17) is 27.9 Å². The number of aromatic nitrogens is 3. The maximum absolute atomic E-state index is 6.33. The molecule has 0 unspecified atom stereocenters. The van der Waals surface area contributed by atoms with Crippen molar-refractivity contribution in [3.05, 3.63) is 88.4 Å². The van der Waals surface area contributed by atoms with Crippen LogP contribution in [0.1, 0.15) is 5.56 Å². The third kappa shape index (κ3) is 4.27. The summed E-state index contributed by atoms with van der Waals surface area (Å²) in [5.41, 5.74) is 2.81. The lowest BCUT2D eigenvalue weighted by molar-refractivity contribution is 0.414. The Morgan fingerprint density at radius 3 is 2.21 bits per heavy atom. The minimum absolute atomic E-state index is 0.585. The summed E-state index contributed by atoms with van der Waals surface area (Å²) in [6.07, 6.45) is 0. The summed E-state index contributed by atoms with van der Waals surface area (Å²) in [7, 11) is 1.65. The predicted octanol–water partition coefficient (Wildman–Crippen LogP) is 6.54. The molecule has 146 valence electrons. The zero-order chi connectivity index (χ0) is 20.2. The van der Waals surface area contributed by atoms with Gasteiger partial charge in [0.15, 0.2) is 11.0 Å². The first kappa shape index (κ1) is 19.8. The lowest BCUT2D eigenvalue weighted by atomic mass is 10.2. The van der Waals surface area contributed by atoms with Crippen molar-refractivity contribution in [1.29, 1.82) is 0 Å². The fourth-order valence-electron chi connectivity index (χ4n) is 2.91. The molecule has 0 aliphatic carbocycles. The van der Waals surface area contributed by atoms with Crippen LogP contribution >= 0.6 is 35.0 Å². The summed E-state index contributed by atoms with van der Waals surface area (Å²) in [6, 6.07) is 23.3. The van der Waals surface area contributed by atoms with E-state index in [9.17, 15) is 0 Å². The number of rotatable bonds is 6. The molecule has 0 bridgehead atoms. The lowest BCUT2D eigenvalue weighted by Gasteiger charge is -2.12. The van der Waals surface area contributed by atoms with Crippen LogP contribution < -0.4 is 4.74 Å². The van der Waals surface area contributed by atoms with Crippen LogP contribution in [0, 0.1) is 0 Å². The van der Waals surface area contributed by atoms with Crippen molar-refractivity contribution >= 4 is 35.0 Å². The van der Waals surface area contributed by atoms with Gasteiger partial charge in [-0.2, -0.15) is 0 Å². The molecule has 4 aromatic rings. The van der Waals surface area contributed by atoms with Gasteiger partial charge < -0.3 is 4.74 Å². The van der Waals surface area contributed by atoms with Crippen LogP contribution in [0.4, 0.5) is 0 Å². The van der Waals surface area contributed by atoms with E-state index in [1.807, 2.05) is 77.4 Å². The predicted molar refractivity (Wildman–Crippen MR) is 119 cm³/mol. The number of ether oxygens (including phenoxy) is 1. The van der Waals surface area contributed by atoms with E-state index in [1.165, 1.54) is 11.8 Å². The van der Waals surface area contributed by atoms with E-state index < -0.39 is 0 Å². The van der Waals surface area contributed by atoms with E-state index in [1.54, 1.807) is 7.11 Å². The highest BCUT2D eigenvalue weighted by molar-refractivity contribution is 7.98. The molecule has 1 heterocycles. The van der Waals surface area contributed by atoms with Crippen molar-refractivity contribution in [3.8, 4) is 22.8 Å². The molecule has 0 amide bonds. The van der Waals surface area contributed by atoms with Gasteiger partial charge in [-0.25, -0.2) is 0 Å². The average molecular weight is 442 g/mol. The van der Waals surface area contributed by atoms with Crippen LogP contribution in [0.25, 0.3) is 17.1 Å². The Balaban J connectivity index is 1.74. The van der Waals surface area contributed by atoms with Crippen LogP contribution in [-0.4, -0.2) is 21.9 Å². The maximum atomic E-state index is 6.33. The fourth-order valence-corrected chi connectivity index (χ4v) is 4.60. The number of methoxy groups -OCH3 is 1. The van der Waals surface area contributed by atoms with E-state index in [0.717, 1.165) is 33.5 Å². The second-order valence-electron chi connectivity index (χ2n) is 6.19. The highest BCUT2D eigenvalue weighted by atomic mass is 35.5. The number of hydrogen-bond donors (Lipinski definition) is 0. The van der Waals surface area contributed by atoms with Gasteiger partial charge in [-0.15, -0.1) is 10.2 Å². The van der Waals surface area contributed by atoms with Gasteiger partial charge in [-0.3, -0.25) is 4.57 Å². The Morgan fingerprint density at radius 1 is 0.862 bits per heavy atom. The van der Waals surface area contributed by atoms with Crippen LogP contribution in [0.3, 0.4) is 0 Å². The molecular formula is C22H17Cl2N3OS. The van der Waals surface area contributed by atoms with Gasteiger partial charge >= 0.3 is 0 Å². The zero-order valence-electron chi connectivity index (χ0n) is 15.5. The molecular weight excluding hydrogens is 425 g/mol. The molecule has 29 heavy (non-hydrogen) atoms. The Hall–Kier alpha value is -2.47. The summed E-state index contributed by atoms with van der Waals surface area (Å²) >= 11 is 14.2. The summed E-state index contributed by atoms with van der Waals surface area (Å²) in [4.78, 5) is 0. The topological polar surface area (TPSA) is 39.9 Å². The number of benzene rings is 3. The van der Waals surface area contributed by atoms with Gasteiger partial charge in [-0.05, 0) is 42.0 Å². The summed E-state index contributed by atoms with van der Waals surface area (Å²) in [5, 5.41) is 10.9. The van der Waals surface area contributed by atoms with Crippen molar-refractivity contribution in [1.82, 2.24) is 14.8 Å². The molecule has 1 aromatic heterocycles. The smallest absolute Gasteiger partial charge is 0.196 e. The number of halogens is 2. The lowest BCUT2D eigenvalue weighted by Crippen LogP contribution is -2.00. The highest BCUT2D eigenvalue weighted by Crippen LogP contribution is 2.34. The van der Waals surface area contributed by atoms with E-state index in [-0.39, 0.29) is 0 Å². The third-order valence-electron chi connectivity index (χ3n) is 4.40. The summed E-state index contributed by atoms with van der Waals surface area (Å²) < 4.78 is 7.32. The molecule has 0 saturated carbocycles. The molecule has 0 atom stereocenters. The fraction of sp³-hybridized carbons (Fsp3) is 0.0909. The third-order valence-corrected chi connectivity index (χ3v) is 6.07. The molecule has 0 saturated heterocycles. The van der Waals surface area contributed by atoms with Gasteiger partial charge in [0.05, 0.1) is 7.11 Å². The highest BCUT2D eigenvalue weighted by Gasteiger charge is 2.17. The van der Waals surface area contributed by atoms with Crippen molar-refractivity contribution in [2.24, 2.45) is 0 Å². The van der Waals surface area contributed by atoms with Gasteiger partial charge in [0, 0.05) is 27.0 Å². The first-order valence-electron chi connectivity index (χ1n) is 8.88. The standard InChI is InChI=1S/C22H17Cl2N3OS/c1-28-17-12-10-16(11-13-17)27-21(15-6-3-2-4-7-15)25-26-22(27)29-14-18-19(23)8-5-9-20(18)24/h2-13H,14H2,1H3. The van der Waals surface area contributed by atoms with Crippen molar-refractivity contribution in [3.63, 3.8) is 0 Å². The van der Waals surface area contributed by atoms with Gasteiger partial charge in [0.2, 0.25) is 0 Å². The molecule has 0 aliphatic rings. The zero-order valence-corrected chi connectivity index (χ0v) is 17.9. The molecule has 0 spiro atoms. The van der Waals surface area contributed by atoms with Crippen molar-refractivity contribution in [2.45, 2.75) is 10.9 Å². The molecule has 0 fully saturated rings. The molecule has 7 heteroatoms. The van der Waals surface area contributed by atoms with Crippen LogP contribution in [0.2, 0.25) is 10.0 Å². The van der Waals surface area contributed by atoms with Crippen LogP contribution in [0.15, 0.2) is 78.0 Å². The Bertz CT molecular complexity index is 1090. The maximum Gasteiger partial charge on any atom is 0.196 e. The summed E-state index contributed by atoms with van der Waals surface area (Å²) in [6.45, 7) is 0. The molecule has 3 aromatic carbocycles. The minimum Gasteiger partial charge on any atom is -0.497 e. The van der Waals surface area contributed by atoms with Gasteiger partial charge in [0.1, 0.15) is 5.75 Å².